The largest absolute Gasteiger partial charge is 0.463 e. The lowest BCUT2D eigenvalue weighted by Crippen LogP contribution is -2.09. The Bertz CT molecular complexity index is 480. The van der Waals surface area contributed by atoms with Gasteiger partial charge in [-0.25, -0.2) is 4.79 Å². The molecule has 66 valence electrons. The monoisotopic (exact) mass is 289 g/mol. The Labute approximate surface area is 86.5 Å². The SMILES string of the molecule is O=C(O)n1nnc2c(I)cccc21. The molecule has 6 heteroatoms. The fourth-order valence-corrected chi connectivity index (χ4v) is 1.64. The van der Waals surface area contributed by atoms with Crippen LogP contribution in [0.15, 0.2) is 18.2 Å². The van der Waals surface area contributed by atoms with E-state index in [0.29, 0.717) is 11.0 Å². The lowest BCUT2D eigenvalue weighted by molar-refractivity contribution is 0.193. The number of halogens is 1. The van der Waals surface area contributed by atoms with Gasteiger partial charge in [0, 0.05) is 3.57 Å². The molecular weight excluding hydrogens is 285 g/mol. The van der Waals surface area contributed by atoms with Crippen LogP contribution in [0.25, 0.3) is 11.0 Å². The number of fused-ring (bicyclic) bond motifs is 1. The first-order valence-electron chi connectivity index (χ1n) is 3.43. The van der Waals surface area contributed by atoms with Gasteiger partial charge < -0.3 is 5.11 Å². The molecule has 0 bridgehead atoms. The number of carbonyl (C=O) groups is 1. The Morgan fingerprint density at radius 1 is 1.54 bits per heavy atom. The summed E-state index contributed by atoms with van der Waals surface area (Å²) in [6.07, 6.45) is -1.12. The molecular formula is C7H4IN3O2. The molecule has 0 saturated heterocycles. The van der Waals surface area contributed by atoms with Gasteiger partial charge >= 0.3 is 6.09 Å². The van der Waals surface area contributed by atoms with Crippen LogP contribution in [0.3, 0.4) is 0 Å². The number of aromatic nitrogens is 3. The first-order chi connectivity index (χ1) is 6.20. The zero-order chi connectivity index (χ0) is 9.42. The zero-order valence-corrected chi connectivity index (χ0v) is 8.46. The van der Waals surface area contributed by atoms with E-state index >= 15 is 0 Å². The Balaban J connectivity index is 2.83. The van der Waals surface area contributed by atoms with Crippen LogP contribution >= 0.6 is 22.6 Å². The zero-order valence-electron chi connectivity index (χ0n) is 6.31. The van der Waals surface area contributed by atoms with Crippen LogP contribution in [0.2, 0.25) is 0 Å². The number of rotatable bonds is 0. The molecule has 0 saturated carbocycles. The molecule has 2 aromatic rings. The van der Waals surface area contributed by atoms with Gasteiger partial charge in [-0.3, -0.25) is 0 Å². The van der Waals surface area contributed by atoms with Crippen molar-refractivity contribution in [1.82, 2.24) is 15.0 Å². The Hall–Kier alpha value is -1.18. The summed E-state index contributed by atoms with van der Waals surface area (Å²) in [6.45, 7) is 0. The predicted octanol–water partition coefficient (Wildman–Crippen LogP) is 1.56. The fraction of sp³-hybridized carbons (Fsp3) is 0. The third-order valence-electron chi connectivity index (χ3n) is 1.61. The molecule has 1 aromatic carbocycles. The molecule has 2 rings (SSSR count). The van der Waals surface area contributed by atoms with Crippen LogP contribution < -0.4 is 0 Å². The van der Waals surface area contributed by atoms with Crippen LogP contribution in [0, 0.1) is 3.57 Å². The standard InChI is InChI=1S/C7H4IN3O2/c8-4-2-1-3-5-6(4)9-10-11(5)7(12)13/h1-3H,(H,12,13). The maximum atomic E-state index is 10.6. The summed E-state index contributed by atoms with van der Waals surface area (Å²) in [5.41, 5.74) is 1.13. The molecule has 1 heterocycles. The number of hydrogen-bond acceptors (Lipinski definition) is 3. The van der Waals surface area contributed by atoms with E-state index in [1.165, 1.54) is 0 Å². The Morgan fingerprint density at radius 3 is 3.00 bits per heavy atom. The number of nitrogens with zero attached hydrogens (tertiary/aromatic N) is 3. The quantitative estimate of drug-likeness (QED) is 0.747. The summed E-state index contributed by atoms with van der Waals surface area (Å²) in [5, 5.41) is 16.0. The fourth-order valence-electron chi connectivity index (χ4n) is 1.05. The summed E-state index contributed by atoms with van der Waals surface area (Å²) in [6, 6.07) is 5.29. The van der Waals surface area contributed by atoms with Crippen molar-refractivity contribution in [2.24, 2.45) is 0 Å². The third-order valence-corrected chi connectivity index (χ3v) is 2.48. The second-order valence-electron chi connectivity index (χ2n) is 2.39. The molecule has 0 unspecified atom stereocenters. The molecule has 0 aliphatic carbocycles. The number of carboxylic acid groups (broad SMARTS) is 1. The minimum absolute atomic E-state index is 0.513. The van der Waals surface area contributed by atoms with Gasteiger partial charge in [-0.2, -0.15) is 0 Å². The van der Waals surface area contributed by atoms with Crippen molar-refractivity contribution in [2.75, 3.05) is 0 Å². The highest BCUT2D eigenvalue weighted by Gasteiger charge is 2.10. The van der Waals surface area contributed by atoms with E-state index in [1.54, 1.807) is 12.1 Å². The molecule has 5 nitrogen and oxygen atoms in total. The first kappa shape index (κ1) is 8.42. The van der Waals surface area contributed by atoms with Crippen LogP contribution in [-0.4, -0.2) is 26.2 Å². The molecule has 0 atom stereocenters. The van der Waals surface area contributed by atoms with Gasteiger partial charge in [0.25, 0.3) is 0 Å². The average Bonchev–Trinajstić information content (AvgIpc) is 2.48. The van der Waals surface area contributed by atoms with E-state index in [9.17, 15) is 4.79 Å². The van der Waals surface area contributed by atoms with Crippen LogP contribution in [0.1, 0.15) is 0 Å². The van der Waals surface area contributed by atoms with Gasteiger partial charge in [-0.15, -0.1) is 9.78 Å². The molecule has 1 N–H and O–H groups in total. The lowest BCUT2D eigenvalue weighted by Gasteiger charge is -1.93. The lowest BCUT2D eigenvalue weighted by atomic mass is 10.3. The minimum Gasteiger partial charge on any atom is -0.463 e. The maximum Gasteiger partial charge on any atom is 0.434 e. The smallest absolute Gasteiger partial charge is 0.434 e. The van der Waals surface area contributed by atoms with Crippen molar-refractivity contribution in [1.29, 1.82) is 0 Å². The van der Waals surface area contributed by atoms with Crippen molar-refractivity contribution < 1.29 is 9.90 Å². The number of benzene rings is 1. The van der Waals surface area contributed by atoms with E-state index in [1.807, 2.05) is 6.07 Å². The normalized spacial score (nSPS) is 10.5. The second kappa shape index (κ2) is 2.95. The first-order valence-corrected chi connectivity index (χ1v) is 4.51. The van der Waals surface area contributed by atoms with Gasteiger partial charge in [-0.1, -0.05) is 11.3 Å². The van der Waals surface area contributed by atoms with E-state index < -0.39 is 6.09 Å². The molecule has 1 aromatic heterocycles. The van der Waals surface area contributed by atoms with Crippen molar-refractivity contribution in [3.8, 4) is 0 Å². The molecule has 0 fully saturated rings. The summed E-state index contributed by atoms with van der Waals surface area (Å²) in [7, 11) is 0. The van der Waals surface area contributed by atoms with E-state index in [4.69, 9.17) is 5.11 Å². The number of hydrogen-bond donors (Lipinski definition) is 1. The highest BCUT2D eigenvalue weighted by molar-refractivity contribution is 14.1. The van der Waals surface area contributed by atoms with Crippen molar-refractivity contribution in [2.45, 2.75) is 0 Å². The average molecular weight is 289 g/mol. The molecule has 0 spiro atoms. The van der Waals surface area contributed by atoms with Gasteiger partial charge in [-0.05, 0) is 34.7 Å². The maximum absolute atomic E-state index is 10.6. The summed E-state index contributed by atoms with van der Waals surface area (Å²) in [4.78, 5) is 10.6. The molecule has 0 aliphatic rings. The van der Waals surface area contributed by atoms with Crippen LogP contribution in [0.5, 0.6) is 0 Å². The van der Waals surface area contributed by atoms with Crippen LogP contribution in [0.4, 0.5) is 4.79 Å². The molecule has 0 aliphatic heterocycles. The highest BCUT2D eigenvalue weighted by Crippen LogP contribution is 2.17. The van der Waals surface area contributed by atoms with Gasteiger partial charge in [0.1, 0.15) is 11.0 Å². The minimum atomic E-state index is -1.12. The van der Waals surface area contributed by atoms with E-state index in [-0.39, 0.29) is 0 Å². The van der Waals surface area contributed by atoms with Crippen molar-refractivity contribution in [3.05, 3.63) is 21.8 Å². The van der Waals surface area contributed by atoms with Gasteiger partial charge in [0.15, 0.2) is 0 Å². The molecule has 0 radical (unpaired) electrons. The third kappa shape index (κ3) is 1.26. The van der Waals surface area contributed by atoms with E-state index in [2.05, 4.69) is 32.9 Å². The van der Waals surface area contributed by atoms with Crippen molar-refractivity contribution in [3.63, 3.8) is 0 Å². The van der Waals surface area contributed by atoms with Gasteiger partial charge in [0.05, 0.1) is 0 Å². The van der Waals surface area contributed by atoms with Crippen LogP contribution in [-0.2, 0) is 0 Å². The van der Waals surface area contributed by atoms with E-state index in [0.717, 1.165) is 8.25 Å². The Kier molecular flexibility index (Phi) is 1.91. The second-order valence-corrected chi connectivity index (χ2v) is 3.55. The highest BCUT2D eigenvalue weighted by atomic mass is 127. The topological polar surface area (TPSA) is 68.0 Å². The van der Waals surface area contributed by atoms with Crippen molar-refractivity contribution >= 4 is 39.7 Å². The Morgan fingerprint density at radius 2 is 2.31 bits per heavy atom. The predicted molar refractivity (Wildman–Crippen MR) is 53.7 cm³/mol. The molecule has 13 heavy (non-hydrogen) atoms. The molecule has 0 amide bonds. The summed E-state index contributed by atoms with van der Waals surface area (Å²) in [5.74, 6) is 0. The summed E-state index contributed by atoms with van der Waals surface area (Å²) >= 11 is 2.09. The summed E-state index contributed by atoms with van der Waals surface area (Å²) < 4.78 is 1.75. The van der Waals surface area contributed by atoms with Gasteiger partial charge in [0.2, 0.25) is 0 Å².